The molecule has 0 unspecified atom stereocenters. The van der Waals surface area contributed by atoms with Gasteiger partial charge in [0.25, 0.3) is 6.71 Å². The van der Waals surface area contributed by atoms with Crippen molar-refractivity contribution in [1.29, 1.82) is 0 Å². The molecule has 1 fully saturated rings. The van der Waals surface area contributed by atoms with Crippen LogP contribution in [-0.4, -0.2) is 14.8 Å². The zero-order valence-corrected chi connectivity index (χ0v) is 26.6. The Morgan fingerprint density at radius 3 is 1.72 bits per heavy atom. The topological polar surface area (TPSA) is 6.48 Å². The van der Waals surface area contributed by atoms with E-state index in [0.29, 0.717) is 5.92 Å². The molecule has 0 saturated heterocycles. The van der Waals surface area contributed by atoms with Gasteiger partial charge in [-0.15, -0.1) is 0 Å². The van der Waals surface area contributed by atoms with Crippen LogP contribution in [0.1, 0.15) is 43.6 Å². The number of fused-ring (bicyclic) bond motifs is 4. The highest BCUT2D eigenvalue weighted by atomic mass is 28.3. The van der Waals surface area contributed by atoms with Gasteiger partial charge < -0.3 is 9.80 Å². The van der Waals surface area contributed by atoms with E-state index in [1.165, 1.54) is 93.4 Å². The highest BCUT2D eigenvalue weighted by Crippen LogP contribution is 2.46. The van der Waals surface area contributed by atoms with Crippen LogP contribution in [0.5, 0.6) is 0 Å². The lowest BCUT2D eigenvalue weighted by atomic mass is 9.33. The van der Waals surface area contributed by atoms with Crippen LogP contribution >= 0.6 is 0 Å². The Labute approximate surface area is 258 Å². The monoisotopic (exact) mass is 574 g/mol. The summed E-state index contributed by atoms with van der Waals surface area (Å²) in [5.74, 6) is 0.608. The molecule has 1 aliphatic carbocycles. The molecule has 0 aromatic heterocycles. The van der Waals surface area contributed by atoms with Crippen molar-refractivity contribution in [2.75, 3.05) is 9.80 Å². The molecule has 0 amide bonds. The lowest BCUT2D eigenvalue weighted by Gasteiger charge is -2.45. The first kappa shape index (κ1) is 26.6. The lowest BCUT2D eigenvalue weighted by Crippen LogP contribution is -2.62. The number of anilines is 6. The maximum absolute atomic E-state index is 2.57. The second-order valence-electron chi connectivity index (χ2n) is 13.7. The quantitative estimate of drug-likeness (QED) is 0.195. The molecule has 5 aromatic rings. The Balaban J connectivity index is 1.48. The van der Waals surface area contributed by atoms with E-state index in [-0.39, 0.29) is 6.71 Å². The summed E-state index contributed by atoms with van der Waals surface area (Å²) >= 11 is 0. The highest BCUT2D eigenvalue weighted by Gasteiger charge is 2.44. The molecule has 0 bridgehead atoms. The fraction of sp³-hybridized carbons (Fsp3) is 0.231. The maximum Gasteiger partial charge on any atom is 0.252 e. The predicted octanol–water partition coefficient (Wildman–Crippen LogP) is 8.36. The predicted molar refractivity (Wildman–Crippen MR) is 189 cm³/mol. The molecule has 1 saturated carbocycles. The van der Waals surface area contributed by atoms with Crippen molar-refractivity contribution in [2.24, 2.45) is 0 Å². The summed E-state index contributed by atoms with van der Waals surface area (Å²) in [5.41, 5.74) is 13.5. The average Bonchev–Trinajstić information content (AvgIpc) is 3.05. The van der Waals surface area contributed by atoms with E-state index < -0.39 is 8.07 Å². The summed E-state index contributed by atoms with van der Waals surface area (Å²) in [7, 11) is -1.54. The van der Waals surface area contributed by atoms with Crippen LogP contribution in [0, 0.1) is 0 Å². The van der Waals surface area contributed by atoms with Gasteiger partial charge in [0.15, 0.2) is 0 Å². The van der Waals surface area contributed by atoms with E-state index in [9.17, 15) is 0 Å². The van der Waals surface area contributed by atoms with Crippen molar-refractivity contribution in [3.63, 3.8) is 0 Å². The van der Waals surface area contributed by atoms with Gasteiger partial charge in [-0.25, -0.2) is 0 Å². The van der Waals surface area contributed by atoms with Crippen molar-refractivity contribution in [3.8, 4) is 0 Å². The zero-order chi connectivity index (χ0) is 29.1. The van der Waals surface area contributed by atoms with Crippen LogP contribution in [0.4, 0.5) is 34.1 Å². The summed E-state index contributed by atoms with van der Waals surface area (Å²) in [4.78, 5) is 5.12. The van der Waals surface area contributed by atoms with Crippen LogP contribution < -0.4 is 31.4 Å². The Morgan fingerprint density at radius 1 is 0.558 bits per heavy atom. The van der Waals surface area contributed by atoms with Gasteiger partial charge in [0.05, 0.1) is 8.07 Å². The SMILES string of the molecule is C[Si](C)(C)c1ccc2c(c1)B1c3ccccc3N(c3ccccc3)c3cc(C4CCCCC4)cc(c31)N2c1ccccc1. The summed E-state index contributed by atoms with van der Waals surface area (Å²) in [5, 5.41) is 1.52. The molecule has 8 rings (SSSR count). The largest absolute Gasteiger partial charge is 0.311 e. The third-order valence-electron chi connectivity index (χ3n) is 9.97. The maximum atomic E-state index is 2.57. The lowest BCUT2D eigenvalue weighted by molar-refractivity contribution is 0.444. The van der Waals surface area contributed by atoms with Crippen molar-refractivity contribution < 1.29 is 0 Å². The van der Waals surface area contributed by atoms with E-state index in [1.54, 1.807) is 0 Å². The summed E-state index contributed by atoms with van der Waals surface area (Å²) < 4.78 is 0. The molecule has 2 heterocycles. The standard InChI is InChI=1S/C39H39BN2Si/c1-43(2,3)32-23-24-36-34(27-32)40-33-21-13-14-22-35(33)41(30-17-9-5-10-18-30)37-25-29(28-15-7-4-8-16-28)26-38(39(37)40)42(36)31-19-11-6-12-20-31/h5-6,9-14,17-28H,4,7-8,15-16H2,1-3H3. The number of hydrogen-bond donors (Lipinski definition) is 0. The first-order valence-electron chi connectivity index (χ1n) is 16.1. The minimum absolute atomic E-state index is 0.188. The molecule has 4 heteroatoms. The first-order valence-corrected chi connectivity index (χ1v) is 19.6. The molecule has 0 N–H and O–H groups in total. The first-order chi connectivity index (χ1) is 21.0. The van der Waals surface area contributed by atoms with E-state index >= 15 is 0 Å². The van der Waals surface area contributed by atoms with Crippen molar-refractivity contribution in [3.05, 3.63) is 121 Å². The van der Waals surface area contributed by atoms with Gasteiger partial charge in [-0.2, -0.15) is 0 Å². The number of hydrogen-bond acceptors (Lipinski definition) is 2. The molecule has 0 atom stereocenters. The average molecular weight is 575 g/mol. The molecular weight excluding hydrogens is 535 g/mol. The molecule has 3 aliphatic rings. The van der Waals surface area contributed by atoms with Gasteiger partial charge in [0, 0.05) is 34.1 Å². The number of nitrogens with zero attached hydrogens (tertiary/aromatic N) is 2. The number of para-hydroxylation sites is 3. The fourth-order valence-corrected chi connectivity index (χ4v) is 8.99. The third kappa shape index (κ3) is 4.38. The molecule has 43 heavy (non-hydrogen) atoms. The molecule has 2 aliphatic heterocycles. The van der Waals surface area contributed by atoms with Crippen molar-refractivity contribution >= 4 is 70.5 Å². The van der Waals surface area contributed by atoms with Gasteiger partial charge >= 0.3 is 0 Å². The van der Waals surface area contributed by atoms with Crippen LogP contribution in [0.3, 0.4) is 0 Å². The summed E-state index contributed by atoms with van der Waals surface area (Å²) in [6, 6.07) is 43.8. The zero-order valence-electron chi connectivity index (χ0n) is 25.6. The van der Waals surface area contributed by atoms with Gasteiger partial charge in [0.1, 0.15) is 0 Å². The molecule has 0 spiro atoms. The minimum Gasteiger partial charge on any atom is -0.311 e. The smallest absolute Gasteiger partial charge is 0.252 e. The van der Waals surface area contributed by atoms with Crippen molar-refractivity contribution in [1.82, 2.24) is 0 Å². The molecule has 2 nitrogen and oxygen atoms in total. The van der Waals surface area contributed by atoms with Gasteiger partial charge in [-0.05, 0) is 89.2 Å². The minimum atomic E-state index is -1.54. The van der Waals surface area contributed by atoms with E-state index in [2.05, 4.69) is 145 Å². The van der Waals surface area contributed by atoms with Gasteiger partial charge in [-0.3, -0.25) is 0 Å². The summed E-state index contributed by atoms with van der Waals surface area (Å²) in [6.45, 7) is 7.59. The fourth-order valence-electron chi connectivity index (χ4n) is 7.82. The second-order valence-corrected chi connectivity index (χ2v) is 18.7. The van der Waals surface area contributed by atoms with Crippen LogP contribution in [0.2, 0.25) is 19.6 Å². The van der Waals surface area contributed by atoms with Crippen LogP contribution in [-0.2, 0) is 0 Å². The Bertz CT molecular complexity index is 1790. The van der Waals surface area contributed by atoms with Crippen molar-refractivity contribution in [2.45, 2.75) is 57.7 Å². The molecule has 0 radical (unpaired) electrons. The Kier molecular flexibility index (Phi) is 6.38. The number of rotatable bonds is 4. The Morgan fingerprint density at radius 2 is 1.12 bits per heavy atom. The highest BCUT2D eigenvalue weighted by molar-refractivity contribution is 7.01. The van der Waals surface area contributed by atoms with Crippen LogP contribution in [0.25, 0.3) is 0 Å². The van der Waals surface area contributed by atoms with E-state index in [1.807, 2.05) is 0 Å². The normalized spacial score (nSPS) is 16.0. The van der Waals surface area contributed by atoms with Crippen LogP contribution in [0.15, 0.2) is 115 Å². The second kappa shape index (κ2) is 10.3. The van der Waals surface area contributed by atoms with Gasteiger partial charge in [0.2, 0.25) is 0 Å². The number of benzene rings is 5. The molecule has 5 aromatic carbocycles. The van der Waals surface area contributed by atoms with E-state index in [0.717, 1.165) is 0 Å². The van der Waals surface area contributed by atoms with E-state index in [4.69, 9.17) is 0 Å². The van der Waals surface area contributed by atoms with Gasteiger partial charge in [-0.1, -0.05) is 111 Å². The molecule has 212 valence electrons. The Hall–Kier alpha value is -4.02. The molecular formula is C39H39BN2Si. The summed E-state index contributed by atoms with van der Waals surface area (Å²) in [6.07, 6.45) is 6.59. The third-order valence-corrected chi connectivity index (χ3v) is 12.0.